The summed E-state index contributed by atoms with van der Waals surface area (Å²) >= 11 is 0. The molecule has 1 unspecified atom stereocenters. The first kappa shape index (κ1) is 11.4. The van der Waals surface area contributed by atoms with Crippen LogP contribution in [0.2, 0.25) is 0 Å². The quantitative estimate of drug-likeness (QED) is 0.630. The molecule has 0 radical (unpaired) electrons. The lowest BCUT2D eigenvalue weighted by Crippen LogP contribution is -2.28. The Hall–Kier alpha value is -0.700. The minimum atomic E-state index is -0.474. The Morgan fingerprint density at radius 1 is 1.36 bits per heavy atom. The highest BCUT2D eigenvalue weighted by molar-refractivity contribution is 6.03. The van der Waals surface area contributed by atoms with Gasteiger partial charge >= 0.3 is 0 Å². The van der Waals surface area contributed by atoms with Crippen molar-refractivity contribution in [2.24, 2.45) is 11.8 Å². The molecule has 0 heterocycles. The van der Waals surface area contributed by atoms with E-state index in [1.165, 1.54) is 7.11 Å². The van der Waals surface area contributed by atoms with Gasteiger partial charge in [0.1, 0.15) is 12.4 Å². The monoisotopic (exact) mass is 198 g/mol. The average molecular weight is 198 g/mol. The third kappa shape index (κ3) is 2.64. The van der Waals surface area contributed by atoms with Crippen molar-refractivity contribution in [3.05, 3.63) is 0 Å². The van der Waals surface area contributed by atoms with Crippen LogP contribution in [0.15, 0.2) is 0 Å². The fourth-order valence-electron chi connectivity index (χ4n) is 1.99. The highest BCUT2D eigenvalue weighted by Crippen LogP contribution is 2.27. The number of rotatable bonds is 5. The molecule has 0 aliphatic heterocycles. The predicted octanol–water partition coefficient (Wildman–Crippen LogP) is 1.60. The molecule has 1 aliphatic carbocycles. The fraction of sp³-hybridized carbons (Fsp3) is 0.818. The maximum atomic E-state index is 11.8. The van der Waals surface area contributed by atoms with E-state index >= 15 is 0 Å². The van der Waals surface area contributed by atoms with Gasteiger partial charge in [-0.3, -0.25) is 9.59 Å². The number of methoxy groups -OCH3 is 1. The molecule has 0 amide bonds. The Bertz CT molecular complexity index is 217. The minimum Gasteiger partial charge on any atom is -0.377 e. The lowest BCUT2D eigenvalue weighted by Gasteiger charge is -2.13. The van der Waals surface area contributed by atoms with Gasteiger partial charge < -0.3 is 4.74 Å². The van der Waals surface area contributed by atoms with E-state index in [2.05, 4.69) is 0 Å². The van der Waals surface area contributed by atoms with Gasteiger partial charge in [-0.05, 0) is 19.8 Å². The van der Waals surface area contributed by atoms with Crippen LogP contribution in [-0.2, 0) is 14.3 Å². The van der Waals surface area contributed by atoms with E-state index in [0.717, 1.165) is 25.7 Å². The summed E-state index contributed by atoms with van der Waals surface area (Å²) in [6.45, 7) is 1.75. The van der Waals surface area contributed by atoms with Gasteiger partial charge in [0.15, 0.2) is 5.78 Å². The van der Waals surface area contributed by atoms with E-state index in [0.29, 0.717) is 0 Å². The second kappa shape index (κ2) is 5.25. The smallest absolute Gasteiger partial charge is 0.168 e. The van der Waals surface area contributed by atoms with E-state index in [1.54, 1.807) is 6.92 Å². The van der Waals surface area contributed by atoms with E-state index in [4.69, 9.17) is 4.74 Å². The van der Waals surface area contributed by atoms with Gasteiger partial charge in [0, 0.05) is 13.0 Å². The van der Waals surface area contributed by atoms with Crippen molar-refractivity contribution in [1.29, 1.82) is 0 Å². The third-order valence-corrected chi connectivity index (χ3v) is 2.95. The molecule has 1 rings (SSSR count). The van der Waals surface area contributed by atoms with Gasteiger partial charge in [-0.25, -0.2) is 0 Å². The second-order valence-corrected chi connectivity index (χ2v) is 4.00. The first-order chi connectivity index (χ1) is 6.66. The molecule has 0 bridgehead atoms. The predicted molar refractivity (Wildman–Crippen MR) is 53.0 cm³/mol. The van der Waals surface area contributed by atoms with Gasteiger partial charge in [-0.2, -0.15) is 0 Å². The van der Waals surface area contributed by atoms with Crippen LogP contribution in [0.4, 0.5) is 0 Å². The molecule has 0 spiro atoms. The largest absolute Gasteiger partial charge is 0.377 e. The van der Waals surface area contributed by atoms with Gasteiger partial charge in [-0.1, -0.05) is 12.8 Å². The molecular weight excluding hydrogens is 180 g/mol. The Morgan fingerprint density at radius 3 is 2.43 bits per heavy atom. The van der Waals surface area contributed by atoms with Crippen LogP contribution < -0.4 is 0 Å². The van der Waals surface area contributed by atoms with Crippen molar-refractivity contribution >= 4 is 11.6 Å². The highest BCUT2D eigenvalue weighted by Gasteiger charge is 2.30. The van der Waals surface area contributed by atoms with Crippen molar-refractivity contribution in [3.63, 3.8) is 0 Å². The summed E-state index contributed by atoms with van der Waals surface area (Å²) in [5.74, 6) is -0.321. The molecule has 0 N–H and O–H groups in total. The third-order valence-electron chi connectivity index (χ3n) is 2.95. The Labute approximate surface area is 84.8 Å². The molecule has 0 aromatic rings. The number of hydrogen-bond acceptors (Lipinski definition) is 3. The van der Waals surface area contributed by atoms with Crippen LogP contribution in [0.5, 0.6) is 0 Å². The van der Waals surface area contributed by atoms with Crippen LogP contribution in [-0.4, -0.2) is 25.3 Å². The van der Waals surface area contributed by atoms with Crippen molar-refractivity contribution < 1.29 is 14.3 Å². The fourth-order valence-corrected chi connectivity index (χ4v) is 1.99. The SMILES string of the molecule is COCC(=O)C(C)C(=O)C1CCCC1. The van der Waals surface area contributed by atoms with Gasteiger partial charge in [0.25, 0.3) is 0 Å². The van der Waals surface area contributed by atoms with Crippen LogP contribution in [0.25, 0.3) is 0 Å². The topological polar surface area (TPSA) is 43.4 Å². The zero-order chi connectivity index (χ0) is 10.6. The average Bonchev–Trinajstić information content (AvgIpc) is 2.68. The first-order valence-electron chi connectivity index (χ1n) is 5.22. The molecule has 0 aromatic carbocycles. The number of ketones is 2. The zero-order valence-electron chi connectivity index (χ0n) is 8.91. The van der Waals surface area contributed by atoms with Crippen LogP contribution in [0.1, 0.15) is 32.6 Å². The minimum absolute atomic E-state index is 0.0552. The van der Waals surface area contributed by atoms with Crippen molar-refractivity contribution in [2.45, 2.75) is 32.6 Å². The summed E-state index contributed by atoms with van der Waals surface area (Å²) in [4.78, 5) is 23.2. The normalized spacial score (nSPS) is 19.6. The summed E-state index contributed by atoms with van der Waals surface area (Å²) < 4.78 is 4.74. The molecule has 1 aliphatic rings. The van der Waals surface area contributed by atoms with Crippen LogP contribution in [0, 0.1) is 11.8 Å². The van der Waals surface area contributed by atoms with Gasteiger partial charge in [-0.15, -0.1) is 0 Å². The molecule has 1 saturated carbocycles. The summed E-state index contributed by atoms with van der Waals surface area (Å²) in [5.41, 5.74) is 0. The van der Waals surface area contributed by atoms with Gasteiger partial charge in [0.2, 0.25) is 0 Å². The molecular formula is C11H18O3. The van der Waals surface area contributed by atoms with Crippen LogP contribution >= 0.6 is 0 Å². The molecule has 0 aromatic heterocycles. The summed E-state index contributed by atoms with van der Waals surface area (Å²) in [6, 6.07) is 0. The standard InChI is InChI=1S/C11H18O3/c1-8(10(12)7-14-2)11(13)9-5-3-4-6-9/h8-9H,3-7H2,1-2H3. The summed E-state index contributed by atoms with van der Waals surface area (Å²) in [5, 5.41) is 0. The molecule has 1 fully saturated rings. The molecule has 3 nitrogen and oxygen atoms in total. The summed E-state index contributed by atoms with van der Waals surface area (Å²) in [7, 11) is 1.48. The summed E-state index contributed by atoms with van der Waals surface area (Å²) in [6.07, 6.45) is 4.18. The Balaban J connectivity index is 2.46. The van der Waals surface area contributed by atoms with E-state index in [1.807, 2.05) is 0 Å². The molecule has 3 heteroatoms. The number of ether oxygens (including phenoxy) is 1. The molecule has 14 heavy (non-hydrogen) atoms. The van der Waals surface area contributed by atoms with Crippen molar-refractivity contribution in [3.8, 4) is 0 Å². The Morgan fingerprint density at radius 2 is 1.93 bits per heavy atom. The maximum Gasteiger partial charge on any atom is 0.168 e. The van der Waals surface area contributed by atoms with E-state index in [-0.39, 0.29) is 24.1 Å². The van der Waals surface area contributed by atoms with Gasteiger partial charge in [0.05, 0.1) is 5.92 Å². The molecule has 80 valence electrons. The number of hydrogen-bond donors (Lipinski definition) is 0. The Kier molecular flexibility index (Phi) is 4.26. The van der Waals surface area contributed by atoms with Crippen molar-refractivity contribution in [1.82, 2.24) is 0 Å². The maximum absolute atomic E-state index is 11.8. The lowest BCUT2D eigenvalue weighted by atomic mass is 9.90. The highest BCUT2D eigenvalue weighted by atomic mass is 16.5. The number of carbonyl (C=O) groups is 2. The van der Waals surface area contributed by atoms with Crippen molar-refractivity contribution in [2.75, 3.05) is 13.7 Å². The second-order valence-electron chi connectivity index (χ2n) is 4.00. The van der Waals surface area contributed by atoms with E-state index < -0.39 is 5.92 Å². The molecule has 0 saturated heterocycles. The molecule has 1 atom stereocenters. The van der Waals surface area contributed by atoms with E-state index in [9.17, 15) is 9.59 Å². The lowest BCUT2D eigenvalue weighted by molar-refractivity contribution is -0.136. The number of Topliss-reactive ketones (excluding diaryl/α,β-unsaturated/α-hetero) is 2. The zero-order valence-corrected chi connectivity index (χ0v) is 8.91. The number of carbonyl (C=O) groups excluding carboxylic acids is 2. The van der Waals surface area contributed by atoms with Crippen LogP contribution in [0.3, 0.4) is 0 Å². The first-order valence-corrected chi connectivity index (χ1v) is 5.22.